The van der Waals surface area contributed by atoms with Crippen molar-refractivity contribution in [2.24, 2.45) is 0 Å². The van der Waals surface area contributed by atoms with Crippen LogP contribution in [0, 0.1) is 0 Å². The lowest BCUT2D eigenvalue weighted by Gasteiger charge is -2.15. The number of thiophene rings is 1. The molecular formula is C11H18BrNOS2. The quantitative estimate of drug-likeness (QED) is 0.756. The molecule has 0 fully saturated rings. The third-order valence-electron chi connectivity index (χ3n) is 1.80. The van der Waals surface area contributed by atoms with Crippen LogP contribution in [0.3, 0.4) is 0 Å². The first kappa shape index (κ1) is 14.5. The average molecular weight is 324 g/mol. The molecule has 0 spiro atoms. The minimum atomic E-state index is -0.552. The lowest BCUT2D eigenvalue weighted by molar-refractivity contribution is 0.107. The van der Waals surface area contributed by atoms with Crippen molar-refractivity contribution in [2.75, 3.05) is 18.1 Å². The highest BCUT2D eigenvalue weighted by Crippen LogP contribution is 2.19. The van der Waals surface area contributed by atoms with Gasteiger partial charge in [-0.1, -0.05) is 0 Å². The van der Waals surface area contributed by atoms with Crippen LogP contribution < -0.4 is 5.32 Å². The molecule has 0 aromatic carbocycles. The molecule has 0 bridgehead atoms. The van der Waals surface area contributed by atoms with Gasteiger partial charge < -0.3 is 10.4 Å². The number of halogens is 1. The van der Waals surface area contributed by atoms with Crippen LogP contribution >= 0.6 is 39.0 Å². The Bertz CT molecular complexity index is 309. The van der Waals surface area contributed by atoms with E-state index >= 15 is 0 Å². The van der Waals surface area contributed by atoms with E-state index in [1.54, 1.807) is 23.1 Å². The molecular weight excluding hydrogens is 306 g/mol. The van der Waals surface area contributed by atoms with Crippen LogP contribution in [0.2, 0.25) is 0 Å². The molecule has 1 rings (SSSR count). The molecule has 92 valence electrons. The predicted octanol–water partition coefficient (Wildman–Crippen LogP) is 3.10. The Hall–Kier alpha value is 0.450. The van der Waals surface area contributed by atoms with Gasteiger partial charge in [-0.2, -0.15) is 11.8 Å². The van der Waals surface area contributed by atoms with E-state index in [0.29, 0.717) is 0 Å². The second-order valence-corrected chi connectivity index (χ2v) is 7.29. The van der Waals surface area contributed by atoms with Gasteiger partial charge in [-0.05, 0) is 35.8 Å². The van der Waals surface area contributed by atoms with Gasteiger partial charge in [-0.25, -0.2) is 0 Å². The summed E-state index contributed by atoms with van der Waals surface area (Å²) in [7, 11) is 0. The van der Waals surface area contributed by atoms with Crippen molar-refractivity contribution in [1.82, 2.24) is 5.32 Å². The van der Waals surface area contributed by atoms with Gasteiger partial charge in [0.15, 0.2) is 0 Å². The Labute approximate surface area is 114 Å². The number of hydrogen-bond acceptors (Lipinski definition) is 4. The fourth-order valence-electron chi connectivity index (χ4n) is 1.12. The summed E-state index contributed by atoms with van der Waals surface area (Å²) >= 11 is 6.98. The van der Waals surface area contributed by atoms with Gasteiger partial charge in [-0.3, -0.25) is 0 Å². The molecule has 2 nitrogen and oxygen atoms in total. The minimum Gasteiger partial charge on any atom is -0.390 e. The van der Waals surface area contributed by atoms with Crippen molar-refractivity contribution in [3.8, 4) is 0 Å². The summed E-state index contributed by atoms with van der Waals surface area (Å²) in [5.74, 6) is 1.83. The van der Waals surface area contributed by atoms with Gasteiger partial charge in [0.2, 0.25) is 0 Å². The highest BCUT2D eigenvalue weighted by Gasteiger charge is 2.11. The van der Waals surface area contributed by atoms with E-state index in [9.17, 15) is 5.11 Å². The van der Waals surface area contributed by atoms with E-state index in [0.717, 1.165) is 29.1 Å². The Kier molecular flexibility index (Phi) is 6.36. The number of hydrogen-bond donors (Lipinski definition) is 2. The smallest absolute Gasteiger partial charge is 0.0681 e. The number of nitrogens with one attached hydrogen (secondary N) is 1. The zero-order valence-electron chi connectivity index (χ0n) is 9.62. The van der Waals surface area contributed by atoms with E-state index in [4.69, 9.17) is 0 Å². The zero-order valence-corrected chi connectivity index (χ0v) is 12.8. The monoisotopic (exact) mass is 323 g/mol. The maximum absolute atomic E-state index is 9.51. The van der Waals surface area contributed by atoms with Gasteiger partial charge >= 0.3 is 0 Å². The Morgan fingerprint density at radius 1 is 1.56 bits per heavy atom. The number of rotatable bonds is 7. The van der Waals surface area contributed by atoms with Crippen molar-refractivity contribution in [3.63, 3.8) is 0 Å². The summed E-state index contributed by atoms with van der Waals surface area (Å²) in [4.78, 5) is 1.35. The minimum absolute atomic E-state index is 0.552. The van der Waals surface area contributed by atoms with Crippen molar-refractivity contribution < 1.29 is 5.11 Å². The topological polar surface area (TPSA) is 32.3 Å². The van der Waals surface area contributed by atoms with Gasteiger partial charge in [0.05, 0.1) is 5.60 Å². The number of aliphatic hydroxyl groups is 1. The third kappa shape index (κ3) is 6.91. The van der Waals surface area contributed by atoms with E-state index in [1.807, 2.05) is 13.8 Å². The molecule has 1 aromatic rings. The summed E-state index contributed by atoms with van der Waals surface area (Å²) in [6, 6.07) is 2.14. The van der Waals surface area contributed by atoms with E-state index < -0.39 is 5.60 Å². The van der Waals surface area contributed by atoms with Crippen LogP contribution in [-0.4, -0.2) is 28.8 Å². The molecule has 0 radical (unpaired) electrons. The van der Waals surface area contributed by atoms with Crippen LogP contribution in [0.1, 0.15) is 18.7 Å². The molecule has 5 heteroatoms. The molecule has 1 heterocycles. The SMILES string of the molecule is CC(C)(O)CSCCNCc1cc(Br)cs1. The zero-order chi connectivity index (χ0) is 12.0. The molecule has 0 amide bonds. The van der Waals surface area contributed by atoms with E-state index in [2.05, 4.69) is 32.7 Å². The van der Waals surface area contributed by atoms with Gasteiger partial charge in [0, 0.05) is 39.3 Å². The Balaban J connectivity index is 2.00. The maximum Gasteiger partial charge on any atom is 0.0681 e. The summed E-state index contributed by atoms with van der Waals surface area (Å²) in [5, 5.41) is 15.0. The molecule has 0 unspecified atom stereocenters. The second kappa shape index (κ2) is 7.01. The van der Waals surface area contributed by atoms with Crippen LogP contribution in [0.25, 0.3) is 0 Å². The van der Waals surface area contributed by atoms with Crippen molar-refractivity contribution in [3.05, 3.63) is 20.8 Å². The molecule has 0 aliphatic heterocycles. The van der Waals surface area contributed by atoms with Gasteiger partial charge in [-0.15, -0.1) is 11.3 Å². The lowest BCUT2D eigenvalue weighted by Crippen LogP contribution is -2.23. The Morgan fingerprint density at radius 3 is 2.88 bits per heavy atom. The molecule has 0 aliphatic rings. The predicted molar refractivity (Wildman–Crippen MR) is 77.3 cm³/mol. The summed E-state index contributed by atoms with van der Waals surface area (Å²) in [6.07, 6.45) is 0. The van der Waals surface area contributed by atoms with Crippen molar-refractivity contribution in [1.29, 1.82) is 0 Å². The van der Waals surface area contributed by atoms with Gasteiger partial charge in [0.1, 0.15) is 0 Å². The fraction of sp³-hybridized carbons (Fsp3) is 0.636. The highest BCUT2D eigenvalue weighted by molar-refractivity contribution is 9.10. The first-order valence-corrected chi connectivity index (χ1v) is 8.04. The second-order valence-electron chi connectivity index (χ2n) is 4.27. The molecule has 0 aliphatic carbocycles. The highest BCUT2D eigenvalue weighted by atomic mass is 79.9. The maximum atomic E-state index is 9.51. The van der Waals surface area contributed by atoms with Crippen molar-refractivity contribution >= 4 is 39.0 Å². The number of thioether (sulfide) groups is 1. The first-order valence-electron chi connectivity index (χ1n) is 5.21. The first-order chi connectivity index (χ1) is 7.47. The molecule has 0 atom stereocenters. The van der Waals surface area contributed by atoms with Crippen molar-refractivity contribution in [2.45, 2.75) is 26.0 Å². The summed E-state index contributed by atoms with van der Waals surface area (Å²) < 4.78 is 1.16. The van der Waals surface area contributed by atoms with Crippen LogP contribution in [0.4, 0.5) is 0 Å². The summed E-state index contributed by atoms with van der Waals surface area (Å²) in [6.45, 7) is 5.60. The van der Waals surface area contributed by atoms with Crippen LogP contribution in [0.5, 0.6) is 0 Å². The standard InChI is InChI=1S/C11H18BrNOS2/c1-11(2,14)8-15-4-3-13-6-10-5-9(12)7-16-10/h5,7,13-14H,3-4,6,8H2,1-2H3. The third-order valence-corrected chi connectivity index (χ3v) is 4.90. The van der Waals surface area contributed by atoms with Gasteiger partial charge in [0.25, 0.3) is 0 Å². The fourth-order valence-corrected chi connectivity index (χ4v) is 3.48. The van der Waals surface area contributed by atoms with Crippen LogP contribution in [-0.2, 0) is 6.54 Å². The molecule has 0 saturated heterocycles. The average Bonchev–Trinajstić information content (AvgIpc) is 2.56. The molecule has 2 N–H and O–H groups in total. The molecule has 1 aromatic heterocycles. The lowest BCUT2D eigenvalue weighted by atomic mass is 10.2. The normalized spacial score (nSPS) is 12.0. The van der Waals surface area contributed by atoms with E-state index in [-0.39, 0.29) is 0 Å². The Morgan fingerprint density at radius 2 is 2.31 bits per heavy atom. The molecule has 16 heavy (non-hydrogen) atoms. The summed E-state index contributed by atoms with van der Waals surface area (Å²) in [5.41, 5.74) is -0.552. The largest absolute Gasteiger partial charge is 0.390 e. The molecule has 0 saturated carbocycles. The van der Waals surface area contributed by atoms with Crippen LogP contribution in [0.15, 0.2) is 15.9 Å². The van der Waals surface area contributed by atoms with E-state index in [1.165, 1.54) is 4.88 Å².